The van der Waals surface area contributed by atoms with Gasteiger partial charge in [0, 0.05) is 10.7 Å². The molecule has 0 N–H and O–H groups in total. The summed E-state index contributed by atoms with van der Waals surface area (Å²) in [6.45, 7) is 1.81. The molecule has 0 spiro atoms. The van der Waals surface area contributed by atoms with Gasteiger partial charge in [0.1, 0.15) is 0 Å². The molecule has 1 aromatic rings. The number of esters is 1. The molecule has 0 aromatic heterocycles. The first-order valence-corrected chi connectivity index (χ1v) is 6.96. The van der Waals surface area contributed by atoms with Crippen molar-refractivity contribution in [3.8, 4) is 0 Å². The van der Waals surface area contributed by atoms with Crippen LogP contribution in [0.4, 0.5) is 0 Å². The highest BCUT2D eigenvalue weighted by Gasteiger charge is 2.17. The summed E-state index contributed by atoms with van der Waals surface area (Å²) in [6.07, 6.45) is 0. The van der Waals surface area contributed by atoms with Gasteiger partial charge in [0.2, 0.25) is 0 Å². The fourth-order valence-corrected chi connectivity index (χ4v) is 1.99. The van der Waals surface area contributed by atoms with Gasteiger partial charge >= 0.3 is 5.97 Å². The first-order chi connectivity index (χ1) is 7.36. The molecule has 0 aliphatic rings. The van der Waals surface area contributed by atoms with Crippen LogP contribution in [-0.4, -0.2) is 21.0 Å². The maximum absolute atomic E-state index is 11.4. The number of carbonyl (C=O) groups excluding carboxylic acids is 1. The summed E-state index contributed by atoms with van der Waals surface area (Å²) >= 11 is 5.74. The number of benzene rings is 1. The van der Waals surface area contributed by atoms with E-state index in [0.717, 1.165) is 6.07 Å². The van der Waals surface area contributed by atoms with Crippen molar-refractivity contribution in [2.45, 2.75) is 11.8 Å². The maximum atomic E-state index is 11.4. The fourth-order valence-electron chi connectivity index (χ4n) is 1.02. The molecule has 16 heavy (non-hydrogen) atoms. The molecule has 4 nitrogen and oxygen atoms in total. The second-order valence-corrected chi connectivity index (χ2v) is 5.77. The van der Waals surface area contributed by atoms with Crippen molar-refractivity contribution in [1.82, 2.24) is 0 Å². The number of ether oxygens (including phenoxy) is 1. The van der Waals surface area contributed by atoms with Gasteiger partial charge < -0.3 is 4.74 Å². The van der Waals surface area contributed by atoms with E-state index in [1.807, 2.05) is 0 Å². The normalized spacial score (nSPS) is 11.2. The van der Waals surface area contributed by atoms with E-state index in [1.54, 1.807) is 6.92 Å². The lowest BCUT2D eigenvalue weighted by molar-refractivity contribution is 0.0526. The van der Waals surface area contributed by atoms with Gasteiger partial charge in [-0.25, -0.2) is 13.2 Å². The number of hydrogen-bond acceptors (Lipinski definition) is 4. The standard InChI is InChI=1S/C9H8Cl2O4S/c1-2-15-9(12)7-5-6(16(11,13)14)3-4-8(7)10/h3-5H,2H2,1H3. The lowest BCUT2D eigenvalue weighted by atomic mass is 10.2. The van der Waals surface area contributed by atoms with E-state index in [4.69, 9.17) is 27.0 Å². The molecule has 0 bridgehead atoms. The summed E-state index contributed by atoms with van der Waals surface area (Å²) in [7, 11) is 1.26. The molecule has 1 rings (SSSR count). The topological polar surface area (TPSA) is 60.4 Å². The number of hydrogen-bond donors (Lipinski definition) is 0. The van der Waals surface area contributed by atoms with Crippen molar-refractivity contribution in [1.29, 1.82) is 0 Å². The summed E-state index contributed by atoms with van der Waals surface area (Å²) < 4.78 is 26.8. The van der Waals surface area contributed by atoms with E-state index >= 15 is 0 Å². The molecule has 0 heterocycles. The molecule has 0 aliphatic heterocycles. The van der Waals surface area contributed by atoms with E-state index in [1.165, 1.54) is 12.1 Å². The third kappa shape index (κ3) is 3.10. The lowest BCUT2D eigenvalue weighted by Crippen LogP contribution is -2.06. The molecule has 0 unspecified atom stereocenters. The van der Waals surface area contributed by atoms with Crippen molar-refractivity contribution in [3.63, 3.8) is 0 Å². The number of halogens is 2. The first-order valence-electron chi connectivity index (χ1n) is 4.27. The van der Waals surface area contributed by atoms with Gasteiger partial charge in [-0.2, -0.15) is 0 Å². The third-order valence-electron chi connectivity index (χ3n) is 1.71. The highest BCUT2D eigenvalue weighted by Crippen LogP contribution is 2.23. The average Bonchev–Trinajstić information content (AvgIpc) is 2.16. The Kier molecular flexibility index (Phi) is 4.18. The minimum atomic E-state index is -3.88. The second-order valence-electron chi connectivity index (χ2n) is 2.80. The van der Waals surface area contributed by atoms with Crippen molar-refractivity contribution in [2.75, 3.05) is 6.61 Å². The van der Waals surface area contributed by atoms with Crippen molar-refractivity contribution < 1.29 is 17.9 Å². The molecular weight excluding hydrogens is 275 g/mol. The summed E-state index contributed by atoms with van der Waals surface area (Å²) in [6, 6.07) is 3.58. The maximum Gasteiger partial charge on any atom is 0.339 e. The van der Waals surface area contributed by atoms with Gasteiger partial charge in [-0.3, -0.25) is 0 Å². The van der Waals surface area contributed by atoms with Gasteiger partial charge in [0.05, 0.1) is 22.1 Å². The number of rotatable bonds is 3. The van der Waals surface area contributed by atoms with Gasteiger partial charge in [-0.1, -0.05) is 11.6 Å². The van der Waals surface area contributed by atoms with Crippen LogP contribution >= 0.6 is 22.3 Å². The zero-order chi connectivity index (χ0) is 12.3. The molecule has 88 valence electrons. The van der Waals surface area contributed by atoms with Crippen LogP contribution < -0.4 is 0 Å². The third-order valence-corrected chi connectivity index (χ3v) is 3.40. The molecule has 0 atom stereocenters. The number of carbonyl (C=O) groups is 1. The molecule has 7 heteroatoms. The Morgan fingerprint density at radius 2 is 2.06 bits per heavy atom. The lowest BCUT2D eigenvalue weighted by Gasteiger charge is -2.05. The predicted molar refractivity (Wildman–Crippen MR) is 60.4 cm³/mol. The SMILES string of the molecule is CCOC(=O)c1cc(S(=O)(=O)Cl)ccc1Cl. The summed E-state index contributed by atoms with van der Waals surface area (Å²) in [5.41, 5.74) is -0.0229. The predicted octanol–water partition coefficient (Wildman–Crippen LogP) is 2.44. The van der Waals surface area contributed by atoms with E-state index in [2.05, 4.69) is 0 Å². The van der Waals surface area contributed by atoms with Crippen LogP contribution in [0.2, 0.25) is 5.02 Å². The fraction of sp³-hybridized carbons (Fsp3) is 0.222. The van der Waals surface area contributed by atoms with E-state index < -0.39 is 15.0 Å². The van der Waals surface area contributed by atoms with Gasteiger partial charge in [-0.05, 0) is 25.1 Å². The molecule has 0 saturated heterocycles. The Labute approximate surface area is 103 Å². The molecule has 1 aromatic carbocycles. The Balaban J connectivity index is 3.24. The minimum absolute atomic E-state index is 0.0229. The quantitative estimate of drug-likeness (QED) is 0.631. The Morgan fingerprint density at radius 3 is 2.56 bits per heavy atom. The van der Waals surface area contributed by atoms with Crippen LogP contribution in [-0.2, 0) is 13.8 Å². The molecular formula is C9H8Cl2O4S. The monoisotopic (exact) mass is 282 g/mol. The van der Waals surface area contributed by atoms with Crippen molar-refractivity contribution in [3.05, 3.63) is 28.8 Å². The summed E-state index contributed by atoms with van der Waals surface area (Å²) in [4.78, 5) is 11.2. The van der Waals surface area contributed by atoms with Gasteiger partial charge in [0.25, 0.3) is 9.05 Å². The summed E-state index contributed by atoms with van der Waals surface area (Å²) in [5.74, 6) is -0.685. The molecule has 0 amide bonds. The largest absolute Gasteiger partial charge is 0.462 e. The second kappa shape index (κ2) is 5.03. The summed E-state index contributed by atoms with van der Waals surface area (Å²) in [5, 5.41) is 0.113. The Bertz CT molecular complexity index is 510. The Morgan fingerprint density at radius 1 is 1.44 bits per heavy atom. The van der Waals surface area contributed by atoms with Crippen LogP contribution in [0.25, 0.3) is 0 Å². The van der Waals surface area contributed by atoms with Gasteiger partial charge in [0.15, 0.2) is 0 Å². The van der Waals surface area contributed by atoms with Crippen LogP contribution in [0.15, 0.2) is 23.1 Å². The van der Waals surface area contributed by atoms with Crippen LogP contribution in [0.5, 0.6) is 0 Å². The van der Waals surface area contributed by atoms with Crippen LogP contribution in [0.1, 0.15) is 17.3 Å². The molecule has 0 radical (unpaired) electrons. The Hall–Kier alpha value is -0.780. The first kappa shape index (κ1) is 13.3. The van der Waals surface area contributed by atoms with Gasteiger partial charge in [-0.15, -0.1) is 0 Å². The molecule has 0 saturated carbocycles. The highest BCUT2D eigenvalue weighted by molar-refractivity contribution is 8.13. The van der Waals surface area contributed by atoms with Crippen molar-refractivity contribution >= 4 is 37.3 Å². The smallest absolute Gasteiger partial charge is 0.339 e. The minimum Gasteiger partial charge on any atom is -0.462 e. The van der Waals surface area contributed by atoms with E-state index in [9.17, 15) is 13.2 Å². The molecule has 0 aliphatic carbocycles. The van der Waals surface area contributed by atoms with E-state index in [0.29, 0.717) is 0 Å². The van der Waals surface area contributed by atoms with Crippen LogP contribution in [0, 0.1) is 0 Å². The van der Waals surface area contributed by atoms with E-state index in [-0.39, 0.29) is 22.1 Å². The van der Waals surface area contributed by atoms with Crippen LogP contribution in [0.3, 0.4) is 0 Å². The molecule has 0 fully saturated rings. The van der Waals surface area contributed by atoms with Crippen molar-refractivity contribution in [2.24, 2.45) is 0 Å². The zero-order valence-corrected chi connectivity index (χ0v) is 10.6. The zero-order valence-electron chi connectivity index (χ0n) is 8.24. The highest BCUT2D eigenvalue weighted by atomic mass is 35.7. The average molecular weight is 283 g/mol.